The molecule has 0 saturated carbocycles. The Morgan fingerprint density at radius 3 is 2.38 bits per heavy atom. The molecule has 0 aliphatic heterocycles. The van der Waals surface area contributed by atoms with Crippen LogP contribution in [-0.2, 0) is 12.2 Å². The van der Waals surface area contributed by atoms with Gasteiger partial charge in [-0.15, -0.1) is 11.8 Å². The largest absolute Gasteiger partial charge is 0.327 e. The lowest BCUT2D eigenvalue weighted by Gasteiger charge is -2.11. The first-order chi connectivity index (χ1) is 10.1. The van der Waals surface area contributed by atoms with E-state index < -0.39 is 0 Å². The highest BCUT2D eigenvalue weighted by Gasteiger charge is 2.05. The zero-order valence-electron chi connectivity index (χ0n) is 12.6. The second-order valence-corrected chi connectivity index (χ2v) is 6.84. The Morgan fingerprint density at radius 2 is 1.76 bits per heavy atom. The van der Waals surface area contributed by atoms with Gasteiger partial charge in [-0.05, 0) is 54.7 Å². The molecular weight excluding hydrogens is 298 g/mol. The molecule has 0 aliphatic rings. The van der Waals surface area contributed by atoms with Gasteiger partial charge in [0.2, 0.25) is 0 Å². The maximum Gasteiger partial charge on any atom is 0.0406 e. The molecule has 1 nitrogen and oxygen atoms in total. The van der Waals surface area contributed by atoms with Gasteiger partial charge in [0.25, 0.3) is 0 Å². The quantitative estimate of drug-likeness (QED) is 0.739. The molecular formula is C18H22ClNS. The van der Waals surface area contributed by atoms with E-state index in [2.05, 4.69) is 44.2 Å². The Labute approximate surface area is 136 Å². The summed E-state index contributed by atoms with van der Waals surface area (Å²) in [5.74, 6) is 0.964. The summed E-state index contributed by atoms with van der Waals surface area (Å²) >= 11 is 7.77. The van der Waals surface area contributed by atoms with Crippen LogP contribution in [0, 0.1) is 6.92 Å². The third-order valence-electron chi connectivity index (χ3n) is 3.57. The molecule has 0 heterocycles. The minimum absolute atomic E-state index is 0.261. The van der Waals surface area contributed by atoms with Gasteiger partial charge in [-0.1, -0.05) is 42.8 Å². The summed E-state index contributed by atoms with van der Waals surface area (Å²) in [5, 5.41) is 0.788. The highest BCUT2D eigenvalue weighted by atomic mass is 35.5. The average molecular weight is 320 g/mol. The molecule has 1 unspecified atom stereocenters. The smallest absolute Gasteiger partial charge is 0.0406 e. The molecule has 0 bridgehead atoms. The molecule has 0 spiro atoms. The fourth-order valence-corrected chi connectivity index (χ4v) is 3.28. The van der Waals surface area contributed by atoms with Crippen LogP contribution in [0.15, 0.2) is 47.4 Å². The number of aryl methyl sites for hydroxylation is 1. The molecule has 2 aromatic carbocycles. The molecule has 0 aromatic heterocycles. The summed E-state index contributed by atoms with van der Waals surface area (Å²) in [4.78, 5) is 1.33. The van der Waals surface area contributed by atoms with Crippen molar-refractivity contribution in [2.75, 3.05) is 0 Å². The van der Waals surface area contributed by atoms with Gasteiger partial charge in [-0.25, -0.2) is 0 Å². The van der Waals surface area contributed by atoms with Gasteiger partial charge in [0.15, 0.2) is 0 Å². The maximum absolute atomic E-state index is 6.02. The van der Waals surface area contributed by atoms with Crippen LogP contribution in [0.1, 0.15) is 30.0 Å². The molecule has 21 heavy (non-hydrogen) atoms. The number of benzene rings is 2. The minimum Gasteiger partial charge on any atom is -0.327 e. The Hall–Kier alpha value is -0.960. The Bertz CT molecular complexity index is 580. The van der Waals surface area contributed by atoms with E-state index in [0.29, 0.717) is 0 Å². The van der Waals surface area contributed by atoms with Crippen LogP contribution < -0.4 is 5.73 Å². The number of nitrogens with two attached hydrogens (primary N) is 1. The first-order valence-electron chi connectivity index (χ1n) is 7.31. The van der Waals surface area contributed by atoms with E-state index >= 15 is 0 Å². The zero-order valence-corrected chi connectivity index (χ0v) is 14.2. The molecule has 0 radical (unpaired) electrons. The summed E-state index contributed by atoms with van der Waals surface area (Å²) < 4.78 is 0. The van der Waals surface area contributed by atoms with E-state index in [4.69, 9.17) is 17.3 Å². The van der Waals surface area contributed by atoms with Gasteiger partial charge < -0.3 is 5.73 Å². The van der Waals surface area contributed by atoms with Gasteiger partial charge in [0, 0.05) is 21.7 Å². The normalized spacial score (nSPS) is 12.4. The molecule has 112 valence electrons. The second kappa shape index (κ2) is 7.88. The van der Waals surface area contributed by atoms with Crippen LogP contribution in [0.25, 0.3) is 0 Å². The van der Waals surface area contributed by atoms with Crippen molar-refractivity contribution in [3.8, 4) is 0 Å². The van der Waals surface area contributed by atoms with Gasteiger partial charge in [-0.3, -0.25) is 0 Å². The molecule has 2 aromatic rings. The SMILES string of the molecule is CCC(N)Cc1ccc(SCc2ccc(Cl)cc2)c(C)c1. The predicted octanol–water partition coefficient (Wildman–Crippen LogP) is 5.22. The third-order valence-corrected chi connectivity index (χ3v) is 5.07. The fourth-order valence-electron chi connectivity index (χ4n) is 2.19. The molecule has 0 aliphatic carbocycles. The van der Waals surface area contributed by atoms with E-state index in [1.54, 1.807) is 0 Å². The number of halogens is 1. The standard InChI is InChI=1S/C18H22ClNS/c1-3-17(20)11-15-6-9-18(13(2)10-15)21-12-14-4-7-16(19)8-5-14/h4-10,17H,3,11-12,20H2,1-2H3. The zero-order chi connectivity index (χ0) is 15.2. The van der Waals surface area contributed by atoms with Crippen molar-refractivity contribution in [1.82, 2.24) is 0 Å². The van der Waals surface area contributed by atoms with Crippen LogP contribution in [0.3, 0.4) is 0 Å². The molecule has 0 fully saturated rings. The molecule has 2 N–H and O–H groups in total. The number of thioether (sulfide) groups is 1. The maximum atomic E-state index is 6.02. The van der Waals surface area contributed by atoms with E-state index in [-0.39, 0.29) is 6.04 Å². The highest BCUT2D eigenvalue weighted by molar-refractivity contribution is 7.98. The van der Waals surface area contributed by atoms with Crippen LogP contribution >= 0.6 is 23.4 Å². The Morgan fingerprint density at radius 1 is 1.10 bits per heavy atom. The minimum atomic E-state index is 0.261. The molecule has 0 saturated heterocycles. The lowest BCUT2D eigenvalue weighted by molar-refractivity contribution is 0.646. The third kappa shape index (κ3) is 5.06. The Kier molecular flexibility index (Phi) is 6.16. The number of rotatable bonds is 6. The molecule has 0 amide bonds. The van der Waals surface area contributed by atoms with E-state index in [9.17, 15) is 0 Å². The average Bonchev–Trinajstić information content (AvgIpc) is 2.48. The van der Waals surface area contributed by atoms with Gasteiger partial charge >= 0.3 is 0 Å². The molecule has 3 heteroatoms. The predicted molar refractivity (Wildman–Crippen MR) is 94.2 cm³/mol. The van der Waals surface area contributed by atoms with Gasteiger partial charge in [-0.2, -0.15) is 0 Å². The topological polar surface area (TPSA) is 26.0 Å². The highest BCUT2D eigenvalue weighted by Crippen LogP contribution is 2.27. The van der Waals surface area contributed by atoms with Crippen molar-refractivity contribution in [1.29, 1.82) is 0 Å². The lowest BCUT2D eigenvalue weighted by Crippen LogP contribution is -2.21. The van der Waals surface area contributed by atoms with Crippen LogP contribution in [-0.4, -0.2) is 6.04 Å². The van der Waals surface area contributed by atoms with Crippen LogP contribution in [0.5, 0.6) is 0 Å². The summed E-state index contributed by atoms with van der Waals surface area (Å²) in [5.41, 5.74) is 9.98. The van der Waals surface area contributed by atoms with Crippen molar-refractivity contribution in [3.05, 3.63) is 64.2 Å². The van der Waals surface area contributed by atoms with E-state index in [1.807, 2.05) is 23.9 Å². The van der Waals surface area contributed by atoms with Crippen molar-refractivity contribution in [2.45, 2.75) is 43.4 Å². The first-order valence-corrected chi connectivity index (χ1v) is 8.67. The number of hydrogen-bond donors (Lipinski definition) is 1. The molecule has 1 atom stereocenters. The van der Waals surface area contributed by atoms with Crippen LogP contribution in [0.2, 0.25) is 5.02 Å². The van der Waals surface area contributed by atoms with E-state index in [0.717, 1.165) is 23.6 Å². The number of hydrogen-bond acceptors (Lipinski definition) is 2. The first kappa shape index (κ1) is 16.4. The lowest BCUT2D eigenvalue weighted by atomic mass is 10.0. The van der Waals surface area contributed by atoms with Crippen molar-refractivity contribution in [3.63, 3.8) is 0 Å². The van der Waals surface area contributed by atoms with Gasteiger partial charge in [0.1, 0.15) is 0 Å². The molecule has 2 rings (SSSR count). The van der Waals surface area contributed by atoms with E-state index in [1.165, 1.54) is 21.6 Å². The fraction of sp³-hybridized carbons (Fsp3) is 0.333. The summed E-state index contributed by atoms with van der Waals surface area (Å²) in [6.45, 7) is 4.30. The van der Waals surface area contributed by atoms with Crippen molar-refractivity contribution in [2.24, 2.45) is 5.73 Å². The monoisotopic (exact) mass is 319 g/mol. The summed E-state index contributed by atoms with van der Waals surface area (Å²) in [7, 11) is 0. The second-order valence-electron chi connectivity index (χ2n) is 5.39. The van der Waals surface area contributed by atoms with Crippen LogP contribution in [0.4, 0.5) is 0 Å². The summed E-state index contributed by atoms with van der Waals surface area (Å²) in [6, 6.07) is 15.0. The van der Waals surface area contributed by atoms with Gasteiger partial charge in [0.05, 0.1) is 0 Å². The Balaban J connectivity index is 1.99. The van der Waals surface area contributed by atoms with Crippen molar-refractivity contribution >= 4 is 23.4 Å². The summed E-state index contributed by atoms with van der Waals surface area (Å²) in [6.07, 6.45) is 1.98. The van der Waals surface area contributed by atoms with Crippen molar-refractivity contribution < 1.29 is 0 Å².